The van der Waals surface area contributed by atoms with Crippen LogP contribution in [0.1, 0.15) is 28.8 Å². The van der Waals surface area contributed by atoms with E-state index in [1.165, 1.54) is 12.1 Å². The standard InChI is InChI=1S/C20H22FN3O3/c21-15-5-1-13(2-6-15)12-23-19(25)14-3-7-16(8-4-14)24-20(26)18-10-9-17(11-22)27-18/h1-8,17-18H,9-12,22H2,(H,23,25)(H,24,26)/t17-,18+/m1/s1. The fourth-order valence-electron chi connectivity index (χ4n) is 2.89. The Morgan fingerprint density at radius 3 is 2.41 bits per heavy atom. The highest BCUT2D eigenvalue weighted by Crippen LogP contribution is 2.20. The Kier molecular flexibility index (Phi) is 6.16. The summed E-state index contributed by atoms with van der Waals surface area (Å²) in [6.45, 7) is 0.713. The molecule has 1 heterocycles. The van der Waals surface area contributed by atoms with Gasteiger partial charge >= 0.3 is 0 Å². The molecule has 0 spiro atoms. The third-order valence-electron chi connectivity index (χ3n) is 4.44. The van der Waals surface area contributed by atoms with Crippen molar-refractivity contribution in [2.24, 2.45) is 5.73 Å². The number of rotatable bonds is 6. The first-order chi connectivity index (χ1) is 13.0. The monoisotopic (exact) mass is 371 g/mol. The molecule has 0 saturated carbocycles. The zero-order valence-corrected chi connectivity index (χ0v) is 14.8. The van der Waals surface area contributed by atoms with Gasteiger partial charge in [0.05, 0.1) is 6.10 Å². The maximum Gasteiger partial charge on any atom is 0.253 e. The molecule has 1 aliphatic heterocycles. The lowest BCUT2D eigenvalue weighted by Crippen LogP contribution is -2.29. The van der Waals surface area contributed by atoms with Gasteiger partial charge < -0.3 is 21.1 Å². The van der Waals surface area contributed by atoms with E-state index in [0.717, 1.165) is 12.0 Å². The summed E-state index contributed by atoms with van der Waals surface area (Å²) in [7, 11) is 0. The molecule has 0 bridgehead atoms. The number of hydrogen-bond donors (Lipinski definition) is 3. The number of carbonyl (C=O) groups excluding carboxylic acids is 2. The van der Waals surface area contributed by atoms with Crippen LogP contribution in [0.4, 0.5) is 10.1 Å². The topological polar surface area (TPSA) is 93.5 Å². The molecule has 2 amide bonds. The first-order valence-electron chi connectivity index (χ1n) is 8.84. The SMILES string of the molecule is NC[C@H]1CC[C@@H](C(=O)Nc2ccc(C(=O)NCc3ccc(F)cc3)cc2)O1. The van der Waals surface area contributed by atoms with Gasteiger partial charge in [-0.2, -0.15) is 0 Å². The van der Waals surface area contributed by atoms with Crippen LogP contribution in [0.2, 0.25) is 0 Å². The first kappa shape index (κ1) is 19.0. The largest absolute Gasteiger partial charge is 0.364 e. The molecular weight excluding hydrogens is 349 g/mol. The lowest BCUT2D eigenvalue weighted by Gasteiger charge is -2.13. The van der Waals surface area contributed by atoms with Crippen LogP contribution in [0.5, 0.6) is 0 Å². The zero-order valence-electron chi connectivity index (χ0n) is 14.8. The maximum absolute atomic E-state index is 12.9. The molecular formula is C20H22FN3O3. The lowest BCUT2D eigenvalue weighted by molar-refractivity contribution is -0.126. The lowest BCUT2D eigenvalue weighted by atomic mass is 10.1. The molecule has 2 atom stereocenters. The molecule has 142 valence electrons. The van der Waals surface area contributed by atoms with Crippen LogP contribution in [-0.4, -0.2) is 30.6 Å². The van der Waals surface area contributed by atoms with Gasteiger partial charge in [-0.05, 0) is 54.8 Å². The van der Waals surface area contributed by atoms with E-state index in [-0.39, 0.29) is 23.7 Å². The molecule has 7 heteroatoms. The Bertz CT molecular complexity index is 793. The van der Waals surface area contributed by atoms with Crippen LogP contribution in [-0.2, 0) is 16.1 Å². The van der Waals surface area contributed by atoms with Gasteiger partial charge in [-0.15, -0.1) is 0 Å². The van der Waals surface area contributed by atoms with E-state index in [1.807, 2.05) is 0 Å². The summed E-state index contributed by atoms with van der Waals surface area (Å²) in [6.07, 6.45) is 0.879. The highest BCUT2D eigenvalue weighted by molar-refractivity contribution is 5.96. The van der Waals surface area contributed by atoms with E-state index in [9.17, 15) is 14.0 Å². The number of hydrogen-bond acceptors (Lipinski definition) is 4. The Labute approximate surface area is 156 Å². The van der Waals surface area contributed by atoms with E-state index in [0.29, 0.717) is 30.8 Å². The first-order valence-corrected chi connectivity index (χ1v) is 8.84. The number of amides is 2. The van der Waals surface area contributed by atoms with Crippen LogP contribution >= 0.6 is 0 Å². The van der Waals surface area contributed by atoms with Crippen molar-refractivity contribution in [3.63, 3.8) is 0 Å². The van der Waals surface area contributed by atoms with Crippen LogP contribution in [0.3, 0.4) is 0 Å². The van der Waals surface area contributed by atoms with Crippen molar-refractivity contribution in [1.82, 2.24) is 5.32 Å². The number of halogens is 1. The van der Waals surface area contributed by atoms with Crippen molar-refractivity contribution in [3.8, 4) is 0 Å². The number of ether oxygens (including phenoxy) is 1. The molecule has 3 rings (SSSR count). The fourth-order valence-corrected chi connectivity index (χ4v) is 2.89. The van der Waals surface area contributed by atoms with Crippen molar-refractivity contribution < 1.29 is 18.7 Å². The molecule has 1 aliphatic rings. The van der Waals surface area contributed by atoms with Crippen LogP contribution in [0.15, 0.2) is 48.5 Å². The molecule has 0 aliphatic carbocycles. The summed E-state index contributed by atoms with van der Waals surface area (Å²) in [5, 5.41) is 5.56. The average Bonchev–Trinajstić information content (AvgIpc) is 3.17. The smallest absolute Gasteiger partial charge is 0.253 e. The minimum atomic E-state index is -0.489. The van der Waals surface area contributed by atoms with Crippen molar-refractivity contribution in [2.75, 3.05) is 11.9 Å². The minimum Gasteiger partial charge on any atom is -0.364 e. The van der Waals surface area contributed by atoms with Gasteiger partial charge in [0.15, 0.2) is 0 Å². The van der Waals surface area contributed by atoms with Crippen molar-refractivity contribution in [3.05, 3.63) is 65.5 Å². The second-order valence-electron chi connectivity index (χ2n) is 6.44. The van der Waals surface area contributed by atoms with E-state index >= 15 is 0 Å². The predicted molar refractivity (Wildman–Crippen MR) is 99.6 cm³/mol. The number of nitrogens with one attached hydrogen (secondary N) is 2. The highest BCUT2D eigenvalue weighted by atomic mass is 19.1. The summed E-state index contributed by atoms with van der Waals surface area (Å²) in [4.78, 5) is 24.4. The number of nitrogens with two attached hydrogens (primary N) is 1. The second kappa shape index (κ2) is 8.75. The molecule has 0 unspecified atom stereocenters. The van der Waals surface area contributed by atoms with Gasteiger partial charge in [0.2, 0.25) is 0 Å². The molecule has 27 heavy (non-hydrogen) atoms. The summed E-state index contributed by atoms with van der Waals surface area (Å²) in [5.41, 5.74) is 7.42. The van der Waals surface area contributed by atoms with Crippen LogP contribution in [0.25, 0.3) is 0 Å². The average molecular weight is 371 g/mol. The normalized spacial score (nSPS) is 18.9. The third kappa shape index (κ3) is 5.12. The number of carbonyl (C=O) groups is 2. The van der Waals surface area contributed by atoms with Gasteiger partial charge in [-0.25, -0.2) is 4.39 Å². The predicted octanol–water partition coefficient (Wildman–Crippen LogP) is 2.20. The van der Waals surface area contributed by atoms with Crippen LogP contribution < -0.4 is 16.4 Å². The van der Waals surface area contributed by atoms with E-state index in [1.54, 1.807) is 36.4 Å². The van der Waals surface area contributed by atoms with Gasteiger partial charge in [0.25, 0.3) is 11.8 Å². The summed E-state index contributed by atoms with van der Waals surface area (Å²) < 4.78 is 18.4. The molecule has 1 saturated heterocycles. The summed E-state index contributed by atoms with van der Waals surface area (Å²) in [5.74, 6) is -0.772. The van der Waals surface area contributed by atoms with E-state index < -0.39 is 6.10 Å². The molecule has 0 radical (unpaired) electrons. The van der Waals surface area contributed by atoms with Gasteiger partial charge in [-0.3, -0.25) is 9.59 Å². The second-order valence-corrected chi connectivity index (χ2v) is 6.44. The molecule has 4 N–H and O–H groups in total. The van der Waals surface area contributed by atoms with Gasteiger partial charge in [0, 0.05) is 24.3 Å². The summed E-state index contributed by atoms with van der Waals surface area (Å²) >= 11 is 0. The molecule has 2 aromatic rings. The van der Waals surface area contributed by atoms with E-state index in [4.69, 9.17) is 10.5 Å². The van der Waals surface area contributed by atoms with Crippen molar-refractivity contribution in [2.45, 2.75) is 31.6 Å². The Balaban J connectivity index is 1.51. The zero-order chi connectivity index (χ0) is 19.2. The third-order valence-corrected chi connectivity index (χ3v) is 4.44. The summed E-state index contributed by atoms with van der Waals surface area (Å²) in [6, 6.07) is 12.5. The van der Waals surface area contributed by atoms with Crippen LogP contribution in [0, 0.1) is 5.82 Å². The van der Waals surface area contributed by atoms with E-state index in [2.05, 4.69) is 10.6 Å². The molecule has 6 nitrogen and oxygen atoms in total. The minimum absolute atomic E-state index is 0.0621. The van der Waals surface area contributed by atoms with Gasteiger partial charge in [-0.1, -0.05) is 12.1 Å². The maximum atomic E-state index is 12.9. The quantitative estimate of drug-likeness (QED) is 0.726. The molecule has 2 aromatic carbocycles. The van der Waals surface area contributed by atoms with Crippen molar-refractivity contribution in [1.29, 1.82) is 0 Å². The Hall–Kier alpha value is -2.77. The molecule has 0 aromatic heterocycles. The Morgan fingerprint density at radius 1 is 1.07 bits per heavy atom. The molecule has 1 fully saturated rings. The number of benzene rings is 2. The number of anilines is 1. The van der Waals surface area contributed by atoms with Crippen molar-refractivity contribution >= 4 is 17.5 Å². The van der Waals surface area contributed by atoms with Gasteiger partial charge in [0.1, 0.15) is 11.9 Å². The highest BCUT2D eigenvalue weighted by Gasteiger charge is 2.29. The fraction of sp³-hybridized carbons (Fsp3) is 0.300. The Morgan fingerprint density at radius 2 is 1.78 bits per heavy atom.